The molecule has 1 nitrogen and oxygen atoms in total. The molecule has 0 saturated carbocycles. The lowest BCUT2D eigenvalue weighted by Crippen LogP contribution is -2.28. The standard InChI is InChI=1S/C14H24OS/c1-13(2,10-14(3,16)11-15)9-8-12-6-4-5-7-12/h4,6,11-12,16H,5,7-10H2,1-3H3. The lowest BCUT2D eigenvalue weighted by molar-refractivity contribution is -0.110. The lowest BCUT2D eigenvalue weighted by atomic mass is 9.78. The molecule has 92 valence electrons. The first-order valence-corrected chi connectivity index (χ1v) is 6.65. The molecule has 0 N–H and O–H groups in total. The Kier molecular flexibility index (Phi) is 4.66. The van der Waals surface area contributed by atoms with E-state index in [2.05, 4.69) is 38.6 Å². The Hall–Kier alpha value is -0.240. The van der Waals surface area contributed by atoms with Crippen molar-refractivity contribution >= 4 is 18.9 Å². The summed E-state index contributed by atoms with van der Waals surface area (Å²) in [5.41, 5.74) is 0.202. The number of carbonyl (C=O) groups is 1. The first-order valence-electron chi connectivity index (χ1n) is 6.20. The molecule has 0 heterocycles. The van der Waals surface area contributed by atoms with Crippen molar-refractivity contribution in [2.45, 2.75) is 57.6 Å². The van der Waals surface area contributed by atoms with Crippen molar-refractivity contribution in [2.75, 3.05) is 0 Å². The van der Waals surface area contributed by atoms with E-state index in [9.17, 15) is 4.79 Å². The molecule has 0 aromatic heterocycles. The van der Waals surface area contributed by atoms with Crippen molar-refractivity contribution in [2.24, 2.45) is 11.3 Å². The highest BCUT2D eigenvalue weighted by Gasteiger charge is 2.29. The highest BCUT2D eigenvalue weighted by Crippen LogP contribution is 2.37. The predicted molar refractivity (Wildman–Crippen MR) is 73.0 cm³/mol. The van der Waals surface area contributed by atoms with Gasteiger partial charge in [-0.2, -0.15) is 12.6 Å². The van der Waals surface area contributed by atoms with E-state index in [0.717, 1.165) is 18.6 Å². The molecular formula is C14H24OS. The average molecular weight is 240 g/mol. The SMILES string of the molecule is CC(S)(C=O)CC(C)(C)CCC1C=CCC1. The number of allylic oxidation sites excluding steroid dienone is 2. The number of hydrogen-bond acceptors (Lipinski definition) is 2. The van der Waals surface area contributed by atoms with E-state index in [1.165, 1.54) is 25.7 Å². The van der Waals surface area contributed by atoms with Crippen LogP contribution < -0.4 is 0 Å². The van der Waals surface area contributed by atoms with Crippen LogP contribution in [0.3, 0.4) is 0 Å². The minimum Gasteiger partial charge on any atom is -0.302 e. The summed E-state index contributed by atoms with van der Waals surface area (Å²) in [6, 6.07) is 0. The molecule has 1 rings (SSSR count). The third kappa shape index (κ3) is 4.73. The van der Waals surface area contributed by atoms with Gasteiger partial charge in [-0.3, -0.25) is 0 Å². The van der Waals surface area contributed by atoms with Crippen molar-refractivity contribution in [3.8, 4) is 0 Å². The summed E-state index contributed by atoms with van der Waals surface area (Å²) in [4.78, 5) is 10.9. The van der Waals surface area contributed by atoms with Gasteiger partial charge in [-0.15, -0.1) is 0 Å². The zero-order chi connectivity index (χ0) is 12.2. The van der Waals surface area contributed by atoms with Gasteiger partial charge >= 0.3 is 0 Å². The van der Waals surface area contributed by atoms with Crippen LogP contribution in [-0.2, 0) is 4.79 Å². The summed E-state index contributed by atoms with van der Waals surface area (Å²) in [7, 11) is 0. The first-order chi connectivity index (χ1) is 7.35. The Morgan fingerprint density at radius 1 is 1.44 bits per heavy atom. The molecule has 16 heavy (non-hydrogen) atoms. The fraction of sp³-hybridized carbons (Fsp3) is 0.786. The van der Waals surface area contributed by atoms with Gasteiger partial charge in [-0.25, -0.2) is 0 Å². The molecular weight excluding hydrogens is 216 g/mol. The zero-order valence-electron chi connectivity index (χ0n) is 10.7. The van der Waals surface area contributed by atoms with Crippen LogP contribution in [0.25, 0.3) is 0 Å². The van der Waals surface area contributed by atoms with Gasteiger partial charge in [0.1, 0.15) is 6.29 Å². The van der Waals surface area contributed by atoms with Crippen LogP contribution in [0.5, 0.6) is 0 Å². The van der Waals surface area contributed by atoms with E-state index >= 15 is 0 Å². The number of carbonyl (C=O) groups excluding carboxylic acids is 1. The summed E-state index contributed by atoms with van der Waals surface area (Å²) >= 11 is 4.40. The topological polar surface area (TPSA) is 17.1 Å². The smallest absolute Gasteiger partial charge is 0.135 e. The average Bonchev–Trinajstić information content (AvgIpc) is 2.66. The summed E-state index contributed by atoms with van der Waals surface area (Å²) < 4.78 is -0.477. The van der Waals surface area contributed by atoms with Crippen LogP contribution in [0, 0.1) is 11.3 Å². The Labute approximate surface area is 105 Å². The maximum atomic E-state index is 10.9. The maximum absolute atomic E-state index is 10.9. The second-order valence-electron chi connectivity index (χ2n) is 6.12. The van der Waals surface area contributed by atoms with Crippen molar-refractivity contribution in [3.63, 3.8) is 0 Å². The van der Waals surface area contributed by atoms with Gasteiger partial charge < -0.3 is 4.79 Å². The fourth-order valence-corrected chi connectivity index (χ4v) is 3.04. The minimum atomic E-state index is -0.477. The van der Waals surface area contributed by atoms with Crippen LogP contribution in [-0.4, -0.2) is 11.0 Å². The Morgan fingerprint density at radius 2 is 2.12 bits per heavy atom. The number of rotatable bonds is 6. The van der Waals surface area contributed by atoms with Gasteiger partial charge in [0, 0.05) is 0 Å². The van der Waals surface area contributed by atoms with E-state index in [0.29, 0.717) is 0 Å². The van der Waals surface area contributed by atoms with E-state index < -0.39 is 4.75 Å². The third-order valence-corrected chi connectivity index (χ3v) is 3.66. The largest absolute Gasteiger partial charge is 0.302 e. The molecule has 0 saturated heterocycles. The second-order valence-corrected chi connectivity index (χ2v) is 7.14. The van der Waals surface area contributed by atoms with E-state index in [1.54, 1.807) is 0 Å². The molecule has 0 aromatic carbocycles. The molecule has 0 bridgehead atoms. The van der Waals surface area contributed by atoms with Crippen molar-refractivity contribution in [1.82, 2.24) is 0 Å². The molecule has 0 aliphatic heterocycles. The van der Waals surface area contributed by atoms with Crippen molar-refractivity contribution in [1.29, 1.82) is 0 Å². The Balaban J connectivity index is 2.38. The molecule has 1 aliphatic rings. The van der Waals surface area contributed by atoms with Gasteiger partial charge in [0.05, 0.1) is 4.75 Å². The fourth-order valence-electron chi connectivity index (χ4n) is 2.61. The Morgan fingerprint density at radius 3 is 2.62 bits per heavy atom. The molecule has 2 heteroatoms. The maximum Gasteiger partial charge on any atom is 0.135 e. The highest BCUT2D eigenvalue weighted by molar-refractivity contribution is 7.82. The van der Waals surface area contributed by atoms with Crippen molar-refractivity contribution in [3.05, 3.63) is 12.2 Å². The molecule has 0 spiro atoms. The number of thiol groups is 1. The summed E-state index contributed by atoms with van der Waals surface area (Å²) in [6.45, 7) is 6.38. The van der Waals surface area contributed by atoms with Gasteiger partial charge in [0.25, 0.3) is 0 Å². The first kappa shape index (κ1) is 13.8. The highest BCUT2D eigenvalue weighted by atomic mass is 32.1. The van der Waals surface area contributed by atoms with Gasteiger partial charge in [0.2, 0.25) is 0 Å². The van der Waals surface area contributed by atoms with Crippen LogP contribution in [0.2, 0.25) is 0 Å². The lowest BCUT2D eigenvalue weighted by Gasteiger charge is -2.31. The monoisotopic (exact) mass is 240 g/mol. The number of aldehydes is 1. The quantitative estimate of drug-likeness (QED) is 0.421. The summed E-state index contributed by atoms with van der Waals surface area (Å²) in [5, 5.41) is 0. The van der Waals surface area contributed by atoms with Crippen molar-refractivity contribution < 1.29 is 4.79 Å². The minimum absolute atomic E-state index is 0.202. The molecule has 1 aliphatic carbocycles. The third-order valence-electron chi connectivity index (χ3n) is 3.39. The van der Waals surface area contributed by atoms with E-state index in [4.69, 9.17) is 0 Å². The molecule has 2 unspecified atom stereocenters. The van der Waals surface area contributed by atoms with Crippen LogP contribution in [0.15, 0.2) is 12.2 Å². The number of hydrogen-bond donors (Lipinski definition) is 1. The molecule has 0 aromatic rings. The van der Waals surface area contributed by atoms with Crippen LogP contribution in [0.1, 0.15) is 52.9 Å². The molecule has 0 amide bonds. The van der Waals surface area contributed by atoms with Crippen LogP contribution >= 0.6 is 12.6 Å². The van der Waals surface area contributed by atoms with E-state index in [1.807, 2.05) is 6.92 Å². The summed E-state index contributed by atoms with van der Waals surface area (Å²) in [6.07, 6.45) is 11.4. The summed E-state index contributed by atoms with van der Waals surface area (Å²) in [5.74, 6) is 0.765. The van der Waals surface area contributed by atoms with Gasteiger partial charge in [-0.1, -0.05) is 26.0 Å². The molecule has 0 fully saturated rings. The molecule has 0 radical (unpaired) electrons. The Bertz CT molecular complexity index is 266. The van der Waals surface area contributed by atoms with Gasteiger partial charge in [0.15, 0.2) is 0 Å². The van der Waals surface area contributed by atoms with E-state index in [-0.39, 0.29) is 5.41 Å². The van der Waals surface area contributed by atoms with Gasteiger partial charge in [-0.05, 0) is 50.4 Å². The second kappa shape index (κ2) is 5.39. The normalized spacial score (nSPS) is 24.4. The van der Waals surface area contributed by atoms with Crippen LogP contribution in [0.4, 0.5) is 0 Å². The zero-order valence-corrected chi connectivity index (χ0v) is 11.6. The molecule has 2 atom stereocenters. The predicted octanol–water partition coefficient (Wildman–Crippen LogP) is 4.04.